The maximum Gasteiger partial charge on any atom is 0.413 e. The Hall–Kier alpha value is -1.67. The normalized spacial score (nSPS) is 10.1. The Kier molecular flexibility index (Phi) is 6.40. The number of nitrogens with zero attached hydrogens (tertiary/aromatic N) is 2. The molecule has 0 atom stereocenters. The Morgan fingerprint density at radius 2 is 2.33 bits per heavy atom. The quantitative estimate of drug-likeness (QED) is 0.205. The molecule has 0 aromatic rings. The number of hydrogen-bond donors (Lipinski definition) is 0. The average molecular weight is 166 g/mol. The summed E-state index contributed by atoms with van der Waals surface area (Å²) in [5.74, 6) is -0.664. The van der Waals surface area contributed by atoms with Gasteiger partial charge in [0.1, 0.15) is 6.61 Å². The van der Waals surface area contributed by atoms with Crippen LogP contribution in [0.3, 0.4) is 0 Å². The predicted molar refractivity (Wildman–Crippen MR) is 44.6 cm³/mol. The topological polar surface area (TPSA) is 62.7 Å². The molecule has 64 valence electrons. The Morgan fingerprint density at radius 1 is 1.58 bits per heavy atom. The number of rotatable bonds is 4. The van der Waals surface area contributed by atoms with Gasteiger partial charge in [-0.1, -0.05) is 18.2 Å². The van der Waals surface area contributed by atoms with E-state index in [9.17, 15) is 4.79 Å². The lowest BCUT2D eigenvalue weighted by Gasteiger charge is -1.90. The van der Waals surface area contributed by atoms with Crippen LogP contribution in [-0.2, 0) is 9.53 Å². The summed E-state index contributed by atoms with van der Waals surface area (Å²) in [5.41, 5.74) is 7.92. The first-order valence-electron chi connectivity index (χ1n) is 3.43. The van der Waals surface area contributed by atoms with Crippen molar-refractivity contribution in [2.24, 2.45) is 0 Å². The maximum atomic E-state index is 10.5. The summed E-state index contributed by atoms with van der Waals surface area (Å²) in [7, 11) is 0. The molecule has 0 spiro atoms. The molecule has 12 heavy (non-hydrogen) atoms. The van der Waals surface area contributed by atoms with E-state index in [2.05, 4.69) is 9.53 Å². The van der Waals surface area contributed by atoms with Crippen molar-refractivity contribution >= 4 is 12.2 Å². The zero-order valence-electron chi connectivity index (χ0n) is 6.80. The van der Waals surface area contributed by atoms with Gasteiger partial charge in [-0.25, -0.2) is 4.79 Å². The molecule has 4 nitrogen and oxygen atoms in total. The van der Waals surface area contributed by atoms with Gasteiger partial charge in [0.2, 0.25) is 0 Å². The highest BCUT2D eigenvalue weighted by atomic mass is 16.5. The SMILES string of the molecule is C/C=C/C=C/COC(=O)C=[N+]=[N-]. The van der Waals surface area contributed by atoms with E-state index in [-0.39, 0.29) is 6.61 Å². The molecule has 0 N–H and O–H groups in total. The van der Waals surface area contributed by atoms with Crippen molar-refractivity contribution in [3.8, 4) is 0 Å². The maximum absolute atomic E-state index is 10.5. The summed E-state index contributed by atoms with van der Waals surface area (Å²) in [6.07, 6.45) is 7.79. The second-order valence-corrected chi connectivity index (χ2v) is 1.83. The Labute approximate surface area is 70.8 Å². The molecule has 0 aliphatic heterocycles. The van der Waals surface area contributed by atoms with Gasteiger partial charge in [0.15, 0.2) is 0 Å². The van der Waals surface area contributed by atoms with Crippen LogP contribution in [0.4, 0.5) is 0 Å². The van der Waals surface area contributed by atoms with Gasteiger partial charge < -0.3 is 10.3 Å². The third kappa shape index (κ3) is 6.45. The molecule has 0 heterocycles. The molecule has 0 fully saturated rings. The van der Waals surface area contributed by atoms with Crippen LogP contribution in [0, 0.1) is 0 Å². The van der Waals surface area contributed by atoms with Gasteiger partial charge in [0.25, 0.3) is 0 Å². The molecule has 0 aromatic carbocycles. The molecule has 0 aliphatic carbocycles. The van der Waals surface area contributed by atoms with E-state index in [1.165, 1.54) is 0 Å². The van der Waals surface area contributed by atoms with Gasteiger partial charge in [-0.05, 0) is 13.0 Å². The van der Waals surface area contributed by atoms with Crippen LogP contribution < -0.4 is 0 Å². The van der Waals surface area contributed by atoms with E-state index in [1.807, 2.05) is 19.1 Å². The number of allylic oxidation sites excluding steroid dienone is 3. The highest BCUT2D eigenvalue weighted by Gasteiger charge is 1.98. The first-order valence-corrected chi connectivity index (χ1v) is 3.43. The second kappa shape index (κ2) is 7.44. The van der Waals surface area contributed by atoms with Crippen molar-refractivity contribution in [3.63, 3.8) is 0 Å². The van der Waals surface area contributed by atoms with Crippen molar-refractivity contribution in [1.82, 2.24) is 0 Å². The smallest absolute Gasteiger partial charge is 0.413 e. The molecular formula is C8H10N2O2. The summed E-state index contributed by atoms with van der Waals surface area (Å²) in [4.78, 5) is 13.0. The van der Waals surface area contributed by atoms with Crippen LogP contribution >= 0.6 is 0 Å². The second-order valence-electron chi connectivity index (χ2n) is 1.83. The summed E-state index contributed by atoms with van der Waals surface area (Å²) >= 11 is 0. The molecule has 0 unspecified atom stereocenters. The van der Waals surface area contributed by atoms with Crippen molar-refractivity contribution < 1.29 is 14.3 Å². The average Bonchev–Trinajstić information content (AvgIpc) is 2.05. The molecule has 0 amide bonds. The van der Waals surface area contributed by atoms with Crippen LogP contribution in [0.5, 0.6) is 0 Å². The zero-order chi connectivity index (χ0) is 9.23. The third-order valence-electron chi connectivity index (χ3n) is 0.925. The van der Waals surface area contributed by atoms with Crippen LogP contribution in [0.2, 0.25) is 0 Å². The van der Waals surface area contributed by atoms with E-state index in [0.717, 1.165) is 0 Å². The van der Waals surface area contributed by atoms with Gasteiger partial charge >= 0.3 is 12.2 Å². The molecule has 0 aromatic heterocycles. The van der Waals surface area contributed by atoms with E-state index < -0.39 is 5.97 Å². The highest BCUT2D eigenvalue weighted by Crippen LogP contribution is 1.79. The molecule has 0 saturated carbocycles. The van der Waals surface area contributed by atoms with Crippen molar-refractivity contribution in [1.29, 1.82) is 0 Å². The highest BCUT2D eigenvalue weighted by molar-refractivity contribution is 6.20. The Morgan fingerprint density at radius 3 is 2.92 bits per heavy atom. The van der Waals surface area contributed by atoms with Gasteiger partial charge in [0.05, 0.1) is 0 Å². The van der Waals surface area contributed by atoms with Gasteiger partial charge in [-0.15, -0.1) is 0 Å². The van der Waals surface area contributed by atoms with Gasteiger partial charge in [-0.3, -0.25) is 0 Å². The predicted octanol–water partition coefficient (Wildman–Crippen LogP) is 0.962. The van der Waals surface area contributed by atoms with Crippen molar-refractivity contribution in [2.45, 2.75) is 6.92 Å². The van der Waals surface area contributed by atoms with Crippen molar-refractivity contribution in [2.75, 3.05) is 6.61 Å². The number of esters is 1. The van der Waals surface area contributed by atoms with Gasteiger partial charge in [0, 0.05) is 0 Å². The molecule has 0 aliphatic rings. The summed E-state index contributed by atoms with van der Waals surface area (Å²) in [6.45, 7) is 2.06. The Bertz CT molecular complexity index is 237. The van der Waals surface area contributed by atoms with Gasteiger partial charge in [-0.2, -0.15) is 4.79 Å². The minimum absolute atomic E-state index is 0.176. The first-order chi connectivity index (χ1) is 5.81. The summed E-state index contributed by atoms with van der Waals surface area (Å²) in [5, 5.41) is 0. The molecular weight excluding hydrogens is 156 g/mol. The summed E-state index contributed by atoms with van der Waals surface area (Å²) < 4.78 is 4.56. The minimum Gasteiger partial charge on any atom is -0.453 e. The fourth-order valence-corrected chi connectivity index (χ4v) is 0.460. The zero-order valence-corrected chi connectivity index (χ0v) is 6.80. The Balaban J connectivity index is 3.56. The van der Waals surface area contributed by atoms with Crippen LogP contribution in [0.25, 0.3) is 5.53 Å². The first kappa shape index (κ1) is 10.3. The number of hydrogen-bond acceptors (Lipinski definition) is 2. The molecule has 4 heteroatoms. The fraction of sp³-hybridized carbons (Fsp3) is 0.250. The van der Waals surface area contributed by atoms with E-state index in [0.29, 0.717) is 6.21 Å². The van der Waals surface area contributed by atoms with Crippen LogP contribution in [0.1, 0.15) is 6.92 Å². The lowest BCUT2D eigenvalue weighted by Crippen LogP contribution is -2.05. The fourth-order valence-electron chi connectivity index (χ4n) is 0.460. The standard InChI is InChI=1S/C8H10N2O2/c1-2-3-4-5-6-12-8(11)7-10-9/h2-5,7H,6H2,1H3/b3-2+,5-4+. The lowest BCUT2D eigenvalue weighted by molar-refractivity contribution is -0.137. The molecule has 0 radical (unpaired) electrons. The van der Waals surface area contributed by atoms with E-state index in [1.54, 1.807) is 12.2 Å². The van der Waals surface area contributed by atoms with E-state index in [4.69, 9.17) is 5.53 Å². The molecule has 0 rings (SSSR count). The molecule has 0 bridgehead atoms. The monoisotopic (exact) mass is 166 g/mol. The van der Waals surface area contributed by atoms with Crippen LogP contribution in [0.15, 0.2) is 24.3 Å². The van der Waals surface area contributed by atoms with Crippen molar-refractivity contribution in [3.05, 3.63) is 29.8 Å². The van der Waals surface area contributed by atoms with E-state index >= 15 is 0 Å². The van der Waals surface area contributed by atoms with Crippen LogP contribution in [-0.4, -0.2) is 23.6 Å². The molecule has 0 saturated heterocycles. The number of carbonyl (C=O) groups excluding carboxylic acids is 1. The largest absolute Gasteiger partial charge is 0.453 e. The minimum atomic E-state index is -0.664. The summed E-state index contributed by atoms with van der Waals surface area (Å²) in [6, 6.07) is 0. The number of ether oxygens (including phenoxy) is 1. The number of carbonyl (C=O) groups is 1. The third-order valence-corrected chi connectivity index (χ3v) is 0.925. The lowest BCUT2D eigenvalue weighted by atomic mass is 10.4.